The van der Waals surface area contributed by atoms with Gasteiger partial charge in [-0.05, 0) is 55.9 Å². The summed E-state index contributed by atoms with van der Waals surface area (Å²) in [6.45, 7) is 4.11. The molecule has 0 aromatic heterocycles. The third kappa shape index (κ3) is 2.31. The molecular formula is C23H30O7. The number of ether oxygens (including phenoxy) is 1. The van der Waals surface area contributed by atoms with Crippen molar-refractivity contribution in [2.24, 2.45) is 34.5 Å². The van der Waals surface area contributed by atoms with Crippen LogP contribution in [-0.4, -0.2) is 50.9 Å². The van der Waals surface area contributed by atoms with Crippen LogP contribution >= 0.6 is 0 Å². The Morgan fingerprint density at radius 3 is 2.57 bits per heavy atom. The summed E-state index contributed by atoms with van der Waals surface area (Å²) in [7, 11) is 0. The molecule has 4 fully saturated rings. The van der Waals surface area contributed by atoms with E-state index in [4.69, 9.17) is 4.74 Å². The van der Waals surface area contributed by atoms with Gasteiger partial charge < -0.3 is 20.1 Å². The SMILES string of the molecule is C[C@@]12C3=CC(=O)C[C@@H]1O[C@@H]1C[C@H]2[C@@H](C(C(=O)O)C3)[C@@H]2CC[C@@](O)(CCC(=O)O)[C@@]12C. The highest BCUT2D eigenvalue weighted by molar-refractivity contribution is 5.92. The molecule has 5 rings (SSSR count). The van der Waals surface area contributed by atoms with Gasteiger partial charge in [-0.1, -0.05) is 19.4 Å². The number of fused-ring (bicyclic) bond motifs is 4. The van der Waals surface area contributed by atoms with Crippen LogP contribution in [0, 0.1) is 34.5 Å². The minimum Gasteiger partial charge on any atom is -0.481 e. The lowest BCUT2D eigenvalue weighted by Crippen LogP contribution is -2.70. The lowest BCUT2D eigenvalue weighted by Gasteiger charge is -2.68. The summed E-state index contributed by atoms with van der Waals surface area (Å²) in [4.78, 5) is 36.0. The van der Waals surface area contributed by atoms with Gasteiger partial charge in [0.2, 0.25) is 0 Å². The molecule has 7 heteroatoms. The summed E-state index contributed by atoms with van der Waals surface area (Å²) in [6, 6.07) is 0. The maximum atomic E-state index is 12.4. The second kappa shape index (κ2) is 6.16. The number of aliphatic carboxylic acids is 2. The number of carbonyl (C=O) groups is 3. The molecule has 0 spiro atoms. The molecule has 9 atom stereocenters. The van der Waals surface area contributed by atoms with Crippen molar-refractivity contribution >= 4 is 17.7 Å². The number of carbonyl (C=O) groups excluding carboxylic acids is 1. The number of carboxylic acids is 2. The average molecular weight is 418 g/mol. The van der Waals surface area contributed by atoms with E-state index in [2.05, 4.69) is 6.92 Å². The lowest BCUT2D eigenvalue weighted by atomic mass is 9.41. The molecule has 5 aliphatic rings. The van der Waals surface area contributed by atoms with E-state index in [-0.39, 0.29) is 60.4 Å². The van der Waals surface area contributed by atoms with Crippen molar-refractivity contribution in [1.29, 1.82) is 0 Å². The van der Waals surface area contributed by atoms with E-state index in [1.165, 1.54) is 0 Å². The number of ketones is 1. The molecule has 4 aliphatic carbocycles. The van der Waals surface area contributed by atoms with E-state index in [9.17, 15) is 29.7 Å². The molecular weight excluding hydrogens is 388 g/mol. The van der Waals surface area contributed by atoms with E-state index in [1.807, 2.05) is 6.92 Å². The van der Waals surface area contributed by atoms with Crippen LogP contribution in [0.2, 0.25) is 0 Å². The summed E-state index contributed by atoms with van der Waals surface area (Å²) in [5, 5.41) is 31.0. The molecule has 1 aliphatic heterocycles. The first kappa shape index (κ1) is 20.2. The minimum atomic E-state index is -1.21. The fourth-order valence-corrected chi connectivity index (χ4v) is 8.24. The third-order valence-electron chi connectivity index (χ3n) is 9.86. The Bertz CT molecular complexity index is 864. The zero-order valence-electron chi connectivity index (χ0n) is 17.5. The Kier molecular flexibility index (Phi) is 4.15. The van der Waals surface area contributed by atoms with Crippen molar-refractivity contribution < 1.29 is 34.4 Å². The van der Waals surface area contributed by atoms with Gasteiger partial charge in [0.1, 0.15) is 0 Å². The summed E-state index contributed by atoms with van der Waals surface area (Å²) in [5.74, 6) is -2.46. The van der Waals surface area contributed by atoms with Gasteiger partial charge in [0.05, 0.1) is 23.7 Å². The van der Waals surface area contributed by atoms with Crippen LogP contribution < -0.4 is 0 Å². The molecule has 3 saturated carbocycles. The van der Waals surface area contributed by atoms with Crippen molar-refractivity contribution in [1.82, 2.24) is 0 Å². The molecule has 30 heavy (non-hydrogen) atoms. The molecule has 1 unspecified atom stereocenters. The normalized spacial score (nSPS) is 51.2. The number of hydrogen-bond donors (Lipinski definition) is 3. The van der Waals surface area contributed by atoms with Crippen molar-refractivity contribution in [3.63, 3.8) is 0 Å². The topological polar surface area (TPSA) is 121 Å². The molecule has 0 aromatic rings. The Morgan fingerprint density at radius 2 is 1.90 bits per heavy atom. The predicted octanol–water partition coefficient (Wildman–Crippen LogP) is 2.41. The standard InChI is InChI=1S/C23H30O7/c1-21-11-7-12(24)9-16(21)30-17-10-15(21)19(13(8-11)20(27)28)14-3-5-23(29,22(14,17)2)6-4-18(25)26/h7,13-17,19,29H,3-6,8-10H2,1-2H3,(H,25,26)(H,27,28)/t13?,14-,15-,16-,17+,19-,21-,22+,23+/m0/s1. The Hall–Kier alpha value is -1.73. The Balaban J connectivity index is 1.64. The van der Waals surface area contributed by atoms with Gasteiger partial charge in [-0.3, -0.25) is 14.4 Å². The third-order valence-corrected chi connectivity index (χ3v) is 9.86. The van der Waals surface area contributed by atoms with Crippen molar-refractivity contribution in [3.8, 4) is 0 Å². The van der Waals surface area contributed by atoms with Gasteiger partial charge in [-0.2, -0.15) is 0 Å². The van der Waals surface area contributed by atoms with Crippen LogP contribution in [0.5, 0.6) is 0 Å². The number of rotatable bonds is 4. The highest BCUT2D eigenvalue weighted by Gasteiger charge is 2.73. The molecule has 1 saturated heterocycles. The van der Waals surface area contributed by atoms with Gasteiger partial charge in [0, 0.05) is 23.7 Å². The fourth-order valence-electron chi connectivity index (χ4n) is 8.24. The van der Waals surface area contributed by atoms with Crippen LogP contribution in [0.15, 0.2) is 11.6 Å². The van der Waals surface area contributed by atoms with Crippen molar-refractivity contribution in [2.75, 3.05) is 0 Å². The average Bonchev–Trinajstić information content (AvgIpc) is 2.93. The van der Waals surface area contributed by atoms with Crippen LogP contribution in [0.25, 0.3) is 0 Å². The summed E-state index contributed by atoms with van der Waals surface area (Å²) < 4.78 is 6.59. The molecule has 1 heterocycles. The van der Waals surface area contributed by atoms with Crippen LogP contribution in [0.3, 0.4) is 0 Å². The first-order chi connectivity index (χ1) is 14.0. The van der Waals surface area contributed by atoms with E-state index < -0.39 is 28.9 Å². The quantitative estimate of drug-likeness (QED) is 0.641. The summed E-state index contributed by atoms with van der Waals surface area (Å²) >= 11 is 0. The fraction of sp³-hybridized carbons (Fsp3) is 0.783. The van der Waals surface area contributed by atoms with Gasteiger partial charge in [0.25, 0.3) is 0 Å². The molecule has 7 nitrogen and oxygen atoms in total. The van der Waals surface area contributed by atoms with E-state index >= 15 is 0 Å². The summed E-state index contributed by atoms with van der Waals surface area (Å²) in [5.41, 5.74) is -1.36. The minimum absolute atomic E-state index is 0.0238. The molecule has 2 bridgehead atoms. The zero-order chi connectivity index (χ0) is 21.6. The molecule has 0 amide bonds. The van der Waals surface area contributed by atoms with E-state index in [0.717, 1.165) is 5.57 Å². The van der Waals surface area contributed by atoms with Crippen molar-refractivity contribution in [3.05, 3.63) is 11.6 Å². The molecule has 164 valence electrons. The predicted molar refractivity (Wildman–Crippen MR) is 104 cm³/mol. The second-order valence-corrected chi connectivity index (χ2v) is 10.7. The first-order valence-corrected chi connectivity index (χ1v) is 11.1. The number of hydrogen-bond acceptors (Lipinski definition) is 5. The van der Waals surface area contributed by atoms with Gasteiger partial charge >= 0.3 is 11.9 Å². The highest BCUT2D eigenvalue weighted by Crippen LogP contribution is 2.72. The van der Waals surface area contributed by atoms with E-state index in [0.29, 0.717) is 25.7 Å². The van der Waals surface area contributed by atoms with E-state index in [1.54, 1.807) is 6.08 Å². The first-order valence-electron chi connectivity index (χ1n) is 11.1. The Labute approximate surface area is 175 Å². The van der Waals surface area contributed by atoms with Gasteiger partial charge in [0.15, 0.2) is 5.78 Å². The largest absolute Gasteiger partial charge is 0.481 e. The second-order valence-electron chi connectivity index (χ2n) is 10.7. The van der Waals surface area contributed by atoms with Crippen LogP contribution in [-0.2, 0) is 19.1 Å². The Morgan fingerprint density at radius 1 is 1.17 bits per heavy atom. The smallest absolute Gasteiger partial charge is 0.307 e. The maximum Gasteiger partial charge on any atom is 0.307 e. The van der Waals surface area contributed by atoms with Crippen molar-refractivity contribution in [2.45, 2.75) is 76.6 Å². The molecule has 0 aromatic carbocycles. The monoisotopic (exact) mass is 418 g/mol. The lowest BCUT2D eigenvalue weighted by molar-refractivity contribution is -0.282. The maximum absolute atomic E-state index is 12.4. The van der Waals surface area contributed by atoms with Gasteiger partial charge in [-0.25, -0.2) is 0 Å². The van der Waals surface area contributed by atoms with Gasteiger partial charge in [-0.15, -0.1) is 0 Å². The number of carboxylic acid groups (broad SMARTS) is 2. The zero-order valence-corrected chi connectivity index (χ0v) is 17.5. The van der Waals surface area contributed by atoms with Crippen LogP contribution in [0.4, 0.5) is 0 Å². The number of aliphatic hydroxyl groups is 1. The molecule has 3 N–H and O–H groups in total. The summed E-state index contributed by atoms with van der Waals surface area (Å²) in [6.07, 6.45) is 3.47. The van der Waals surface area contributed by atoms with Crippen LogP contribution in [0.1, 0.15) is 58.8 Å². The highest BCUT2D eigenvalue weighted by atomic mass is 16.5. The molecule has 0 radical (unpaired) electrons.